The second-order valence-corrected chi connectivity index (χ2v) is 9.11. The van der Waals surface area contributed by atoms with Crippen LogP contribution in [0.25, 0.3) is 6.08 Å². The van der Waals surface area contributed by atoms with Crippen LogP contribution in [0.2, 0.25) is 0 Å². The number of likely N-dealkylation sites (tertiary alicyclic amines) is 1. The zero-order chi connectivity index (χ0) is 20.2. The van der Waals surface area contributed by atoms with Crippen LogP contribution in [-0.4, -0.2) is 43.9 Å². The van der Waals surface area contributed by atoms with E-state index in [1.807, 2.05) is 20.8 Å². The van der Waals surface area contributed by atoms with Gasteiger partial charge < -0.3 is 14.9 Å². The lowest BCUT2D eigenvalue weighted by Gasteiger charge is -2.32. The van der Waals surface area contributed by atoms with Crippen molar-refractivity contribution in [2.24, 2.45) is 0 Å². The molecule has 7 nitrogen and oxygen atoms in total. The van der Waals surface area contributed by atoms with Crippen molar-refractivity contribution in [3.8, 4) is 5.88 Å². The van der Waals surface area contributed by atoms with Crippen LogP contribution in [0.5, 0.6) is 5.88 Å². The maximum atomic E-state index is 12.5. The van der Waals surface area contributed by atoms with Crippen LogP contribution < -0.4 is 0 Å². The second kappa shape index (κ2) is 8.88. The van der Waals surface area contributed by atoms with Crippen molar-refractivity contribution in [3.63, 3.8) is 0 Å². The molecule has 0 aromatic carbocycles. The van der Waals surface area contributed by atoms with Gasteiger partial charge in [-0.2, -0.15) is 0 Å². The van der Waals surface area contributed by atoms with E-state index in [0.717, 1.165) is 18.5 Å². The summed E-state index contributed by atoms with van der Waals surface area (Å²) >= 11 is 6.54. The van der Waals surface area contributed by atoms with Crippen LogP contribution in [0.4, 0.5) is 4.79 Å². The average molecular weight is 415 g/mol. The van der Waals surface area contributed by atoms with Gasteiger partial charge in [0.25, 0.3) is 0 Å². The van der Waals surface area contributed by atoms with Gasteiger partial charge in [-0.05, 0) is 64.7 Å². The molecule has 0 spiro atoms. The van der Waals surface area contributed by atoms with Gasteiger partial charge in [0.2, 0.25) is 5.88 Å². The molecule has 9 heteroatoms. The molecule has 0 bridgehead atoms. The van der Waals surface area contributed by atoms with E-state index in [1.54, 1.807) is 11.0 Å². The van der Waals surface area contributed by atoms with Gasteiger partial charge in [-0.15, -0.1) is 11.3 Å². The Labute approximate surface area is 167 Å². The quantitative estimate of drug-likeness (QED) is 0.684. The third-order valence-electron chi connectivity index (χ3n) is 3.99. The van der Waals surface area contributed by atoms with Gasteiger partial charge in [-0.1, -0.05) is 0 Å². The van der Waals surface area contributed by atoms with Crippen molar-refractivity contribution in [1.82, 2.24) is 9.47 Å². The molecule has 2 N–H and O–H groups in total. The smallest absolute Gasteiger partial charge is 0.414 e. The molecule has 1 saturated heterocycles. The lowest BCUT2D eigenvalue weighted by molar-refractivity contribution is -0.137. The summed E-state index contributed by atoms with van der Waals surface area (Å²) in [6.45, 7) is 6.39. The first kappa shape index (κ1) is 21.4. The maximum absolute atomic E-state index is 12.5. The second-order valence-electron chi connectivity index (χ2n) is 7.43. The minimum atomic E-state index is -0.881. The Morgan fingerprint density at radius 3 is 2.67 bits per heavy atom. The Morgan fingerprint density at radius 2 is 2.04 bits per heavy atom. The highest BCUT2D eigenvalue weighted by Crippen LogP contribution is 2.32. The maximum Gasteiger partial charge on any atom is 0.414 e. The number of carboxylic acids is 1. The van der Waals surface area contributed by atoms with Gasteiger partial charge in [0.05, 0.1) is 4.88 Å². The van der Waals surface area contributed by atoms with Crippen molar-refractivity contribution in [2.45, 2.75) is 65.0 Å². The van der Waals surface area contributed by atoms with E-state index in [-0.39, 0.29) is 12.3 Å². The molecule has 1 fully saturated rings. The molecule has 0 saturated carbocycles. The van der Waals surface area contributed by atoms with Crippen LogP contribution in [0.1, 0.15) is 57.8 Å². The number of aromatic nitrogens is 1. The van der Waals surface area contributed by atoms with Gasteiger partial charge in [0.1, 0.15) is 5.60 Å². The van der Waals surface area contributed by atoms with Crippen LogP contribution >= 0.6 is 23.6 Å². The van der Waals surface area contributed by atoms with Gasteiger partial charge in [-0.3, -0.25) is 14.3 Å². The molecule has 0 radical (unpaired) electrons. The number of nitrogens with zero attached hydrogens (tertiary/aromatic N) is 2. The fourth-order valence-corrected chi connectivity index (χ4v) is 4.10. The van der Waals surface area contributed by atoms with Crippen LogP contribution in [0.3, 0.4) is 0 Å². The van der Waals surface area contributed by atoms with Gasteiger partial charge in [-0.25, -0.2) is 4.79 Å². The first-order valence-electron chi connectivity index (χ1n) is 8.94. The van der Waals surface area contributed by atoms with E-state index in [2.05, 4.69) is 0 Å². The number of allylic oxidation sites excluding steroid dienone is 1. The molecular weight excluding hydrogens is 388 g/mol. The molecule has 1 aliphatic heterocycles. The van der Waals surface area contributed by atoms with Gasteiger partial charge >= 0.3 is 12.1 Å². The summed E-state index contributed by atoms with van der Waals surface area (Å²) in [5, 5.41) is 19.3. The van der Waals surface area contributed by atoms with Crippen LogP contribution in [0, 0.1) is 3.95 Å². The number of aliphatic carboxylic acids is 1. The molecule has 27 heavy (non-hydrogen) atoms. The third kappa shape index (κ3) is 6.07. The molecule has 2 heterocycles. The number of aromatic hydroxyl groups is 1. The Balaban J connectivity index is 2.23. The summed E-state index contributed by atoms with van der Waals surface area (Å²) in [6.07, 6.45) is 4.35. The number of carbonyl (C=O) groups excluding carboxylic acids is 1. The number of hydrogen-bond acceptors (Lipinski definition) is 6. The first-order chi connectivity index (χ1) is 12.6. The Hall–Kier alpha value is -1.87. The average Bonchev–Trinajstić information content (AvgIpc) is 2.81. The molecule has 2 rings (SSSR count). The normalized spacial score (nSPS) is 16.6. The highest BCUT2D eigenvalue weighted by atomic mass is 32.1. The highest BCUT2D eigenvalue weighted by molar-refractivity contribution is 7.73. The van der Waals surface area contributed by atoms with E-state index in [0.29, 0.717) is 34.8 Å². The van der Waals surface area contributed by atoms with E-state index < -0.39 is 17.7 Å². The molecule has 1 amide bonds. The van der Waals surface area contributed by atoms with E-state index in [4.69, 9.17) is 22.1 Å². The van der Waals surface area contributed by atoms with Gasteiger partial charge in [0.15, 0.2) is 3.95 Å². The molecular formula is C18H26N2O5S2. The Bertz CT molecular complexity index is 789. The number of hydrogen-bond donors (Lipinski definition) is 2. The minimum Gasteiger partial charge on any atom is -0.493 e. The molecule has 1 aromatic heterocycles. The summed E-state index contributed by atoms with van der Waals surface area (Å²) in [5.74, 6) is -0.869. The SMILES string of the molecule is CC(C)(C)OC(=O)N1CCCCC1=Cc1sc(=S)n(CCCC(=O)O)c1O. The largest absolute Gasteiger partial charge is 0.493 e. The van der Waals surface area contributed by atoms with Crippen LogP contribution in [0.15, 0.2) is 5.70 Å². The number of carbonyl (C=O) groups is 2. The Kier molecular flexibility index (Phi) is 7.05. The summed E-state index contributed by atoms with van der Waals surface area (Å²) in [7, 11) is 0. The third-order valence-corrected chi connectivity index (χ3v) is 5.37. The summed E-state index contributed by atoms with van der Waals surface area (Å²) in [4.78, 5) is 25.4. The fraction of sp³-hybridized carbons (Fsp3) is 0.611. The number of thiazole rings is 1. The molecule has 1 aliphatic rings. The van der Waals surface area contributed by atoms with Crippen molar-refractivity contribution in [1.29, 1.82) is 0 Å². The zero-order valence-electron chi connectivity index (χ0n) is 15.9. The summed E-state index contributed by atoms with van der Waals surface area (Å²) < 4.78 is 7.50. The molecule has 0 aliphatic carbocycles. The number of ether oxygens (including phenoxy) is 1. The van der Waals surface area contributed by atoms with E-state index in [9.17, 15) is 14.7 Å². The van der Waals surface area contributed by atoms with E-state index >= 15 is 0 Å². The number of amides is 1. The van der Waals surface area contributed by atoms with Crippen molar-refractivity contribution in [3.05, 3.63) is 14.5 Å². The van der Waals surface area contributed by atoms with Crippen molar-refractivity contribution < 1.29 is 24.5 Å². The standard InChI is InChI=1S/C18H26N2O5S2/c1-18(2,3)25-16(24)19-9-5-4-7-12(19)11-13-15(23)20(17(26)27-13)10-6-8-14(21)22/h11,23H,4-10H2,1-3H3,(H,21,22). The zero-order valence-corrected chi connectivity index (χ0v) is 17.5. The fourth-order valence-electron chi connectivity index (χ4n) is 2.78. The van der Waals surface area contributed by atoms with Gasteiger partial charge in [0, 0.05) is 25.2 Å². The summed E-state index contributed by atoms with van der Waals surface area (Å²) in [5.41, 5.74) is 0.214. The Morgan fingerprint density at radius 1 is 1.33 bits per heavy atom. The molecule has 0 atom stereocenters. The minimum absolute atomic E-state index is 0.0117. The number of rotatable bonds is 5. The number of piperidine rings is 1. The lowest BCUT2D eigenvalue weighted by atomic mass is 10.1. The van der Waals surface area contributed by atoms with E-state index in [1.165, 1.54) is 15.9 Å². The number of carboxylic acid groups (broad SMARTS) is 1. The first-order valence-corrected chi connectivity index (χ1v) is 10.2. The van der Waals surface area contributed by atoms with Crippen molar-refractivity contribution >= 4 is 41.7 Å². The molecule has 1 aromatic rings. The lowest BCUT2D eigenvalue weighted by Crippen LogP contribution is -2.38. The molecule has 150 valence electrons. The molecule has 0 unspecified atom stereocenters. The predicted octanol–water partition coefficient (Wildman–Crippen LogP) is 4.61. The monoisotopic (exact) mass is 414 g/mol. The topological polar surface area (TPSA) is 92.0 Å². The predicted molar refractivity (Wildman–Crippen MR) is 106 cm³/mol. The highest BCUT2D eigenvalue weighted by Gasteiger charge is 2.27. The van der Waals surface area contributed by atoms with Crippen LogP contribution in [-0.2, 0) is 16.1 Å². The summed E-state index contributed by atoms with van der Waals surface area (Å²) in [6, 6.07) is 0. The van der Waals surface area contributed by atoms with Crippen molar-refractivity contribution in [2.75, 3.05) is 6.54 Å².